The van der Waals surface area contributed by atoms with Crippen LogP contribution < -0.4 is 9.62 Å². The van der Waals surface area contributed by atoms with Gasteiger partial charge in [0.2, 0.25) is 0 Å². The molecule has 1 aromatic heterocycles. The van der Waals surface area contributed by atoms with E-state index in [0.717, 1.165) is 28.4 Å². The predicted molar refractivity (Wildman–Crippen MR) is 144 cm³/mol. The zero-order valence-electron chi connectivity index (χ0n) is 19.8. The van der Waals surface area contributed by atoms with Crippen LogP contribution in [0.1, 0.15) is 45.8 Å². The van der Waals surface area contributed by atoms with Gasteiger partial charge in [-0.05, 0) is 71.8 Å². The summed E-state index contributed by atoms with van der Waals surface area (Å²) in [5.41, 5.74) is 4.05. The summed E-state index contributed by atoms with van der Waals surface area (Å²) in [6.07, 6.45) is 1.85. The number of rotatable bonds is 8. The fourth-order valence-corrected chi connectivity index (χ4v) is 5.44. The van der Waals surface area contributed by atoms with Gasteiger partial charge in [-0.1, -0.05) is 28.1 Å². The number of aliphatic hydroxyl groups is 1. The molecule has 1 aliphatic carbocycles. The SMILES string of the molecule is CNC(=O)c1c(-c2ccc(F)cc2)oc2cc(N(Cc3ccc(Br)c(CO)c3)S(=O)O)c(C3CC3)cc12. The van der Waals surface area contributed by atoms with E-state index in [9.17, 15) is 23.1 Å². The summed E-state index contributed by atoms with van der Waals surface area (Å²) >= 11 is 1.04. The van der Waals surface area contributed by atoms with Crippen molar-refractivity contribution in [3.05, 3.63) is 87.1 Å². The molecule has 0 saturated heterocycles. The number of anilines is 1. The number of aliphatic hydroxyl groups excluding tert-OH is 1. The maximum atomic E-state index is 13.6. The zero-order valence-corrected chi connectivity index (χ0v) is 22.2. The zero-order chi connectivity index (χ0) is 26.3. The molecule has 1 unspecified atom stereocenters. The van der Waals surface area contributed by atoms with Crippen molar-refractivity contribution < 1.29 is 27.5 Å². The van der Waals surface area contributed by atoms with Crippen molar-refractivity contribution in [2.75, 3.05) is 11.4 Å². The lowest BCUT2D eigenvalue weighted by Crippen LogP contribution is -2.26. The Balaban J connectivity index is 1.67. The molecule has 192 valence electrons. The summed E-state index contributed by atoms with van der Waals surface area (Å²) in [7, 11) is 1.53. The molecule has 10 heteroatoms. The van der Waals surface area contributed by atoms with E-state index >= 15 is 0 Å². The second kappa shape index (κ2) is 10.4. The van der Waals surface area contributed by atoms with Crippen molar-refractivity contribution in [2.45, 2.75) is 31.9 Å². The molecule has 1 heterocycles. The summed E-state index contributed by atoms with van der Waals surface area (Å²) in [4.78, 5) is 12.9. The number of benzene rings is 3. The van der Waals surface area contributed by atoms with Crippen LogP contribution in [-0.2, 0) is 24.4 Å². The second-order valence-corrected chi connectivity index (χ2v) is 10.7. The summed E-state index contributed by atoms with van der Waals surface area (Å²) < 4.78 is 44.7. The Kier molecular flexibility index (Phi) is 7.17. The summed E-state index contributed by atoms with van der Waals surface area (Å²) in [6, 6.07) is 14.6. The number of hydrogen-bond acceptors (Lipinski definition) is 4. The molecule has 5 rings (SSSR count). The van der Waals surface area contributed by atoms with E-state index < -0.39 is 17.1 Å². The Morgan fingerprint density at radius 1 is 1.19 bits per heavy atom. The Morgan fingerprint density at radius 3 is 2.54 bits per heavy atom. The minimum Gasteiger partial charge on any atom is -0.455 e. The Labute approximate surface area is 223 Å². The van der Waals surface area contributed by atoms with E-state index in [0.29, 0.717) is 39.1 Å². The normalized spacial score (nSPS) is 14.1. The molecular formula is C27H24BrFN2O5S. The van der Waals surface area contributed by atoms with E-state index in [1.165, 1.54) is 23.5 Å². The number of carbonyl (C=O) groups excluding carboxylic acids is 1. The van der Waals surface area contributed by atoms with Crippen molar-refractivity contribution >= 4 is 49.8 Å². The third kappa shape index (κ3) is 5.06. The van der Waals surface area contributed by atoms with Gasteiger partial charge >= 0.3 is 0 Å². The van der Waals surface area contributed by atoms with Gasteiger partial charge in [0.15, 0.2) is 0 Å². The van der Waals surface area contributed by atoms with E-state index in [1.54, 1.807) is 30.3 Å². The van der Waals surface area contributed by atoms with Crippen LogP contribution in [0.4, 0.5) is 10.1 Å². The van der Waals surface area contributed by atoms with Gasteiger partial charge in [0.05, 0.1) is 24.4 Å². The highest BCUT2D eigenvalue weighted by atomic mass is 79.9. The fraction of sp³-hybridized carbons (Fsp3) is 0.222. The number of fused-ring (bicyclic) bond motifs is 1. The Bertz CT molecular complexity index is 1520. The molecule has 0 radical (unpaired) electrons. The first-order valence-corrected chi connectivity index (χ1v) is 13.5. The van der Waals surface area contributed by atoms with Crippen LogP contribution in [-0.4, -0.2) is 26.8 Å². The van der Waals surface area contributed by atoms with Crippen LogP contribution in [0.2, 0.25) is 0 Å². The number of nitrogens with zero attached hydrogens (tertiary/aromatic N) is 1. The molecule has 0 bridgehead atoms. The van der Waals surface area contributed by atoms with Crippen LogP contribution >= 0.6 is 15.9 Å². The topological polar surface area (TPSA) is 103 Å². The monoisotopic (exact) mass is 586 g/mol. The summed E-state index contributed by atoms with van der Waals surface area (Å²) in [5.74, 6) is -0.268. The Hall–Kier alpha value is -3.05. The molecule has 0 spiro atoms. The molecule has 1 fully saturated rings. The van der Waals surface area contributed by atoms with Crippen LogP contribution in [0.15, 0.2) is 63.5 Å². The number of hydrogen-bond donors (Lipinski definition) is 3. The molecule has 0 aliphatic heterocycles. The molecule has 1 aliphatic rings. The number of amides is 1. The quantitative estimate of drug-likeness (QED) is 0.224. The van der Waals surface area contributed by atoms with Gasteiger partial charge in [0, 0.05) is 28.5 Å². The molecule has 3 aromatic carbocycles. The van der Waals surface area contributed by atoms with Crippen molar-refractivity contribution in [3.8, 4) is 11.3 Å². The highest BCUT2D eigenvalue weighted by Crippen LogP contribution is 2.48. The van der Waals surface area contributed by atoms with Gasteiger partial charge in [0.25, 0.3) is 17.2 Å². The minimum atomic E-state index is -2.36. The van der Waals surface area contributed by atoms with E-state index in [1.807, 2.05) is 12.1 Å². The second-order valence-electron chi connectivity index (χ2n) is 8.92. The Morgan fingerprint density at radius 2 is 1.92 bits per heavy atom. The lowest BCUT2D eigenvalue weighted by atomic mass is 10.00. The third-order valence-corrected chi connectivity index (χ3v) is 7.96. The van der Waals surface area contributed by atoms with Crippen LogP contribution in [0.25, 0.3) is 22.3 Å². The van der Waals surface area contributed by atoms with Gasteiger partial charge in [-0.2, -0.15) is 0 Å². The van der Waals surface area contributed by atoms with Gasteiger partial charge in [0.1, 0.15) is 17.2 Å². The lowest BCUT2D eigenvalue weighted by molar-refractivity contribution is 0.0964. The van der Waals surface area contributed by atoms with Crippen molar-refractivity contribution in [3.63, 3.8) is 0 Å². The first kappa shape index (κ1) is 25.6. The van der Waals surface area contributed by atoms with E-state index in [2.05, 4.69) is 21.2 Å². The summed E-state index contributed by atoms with van der Waals surface area (Å²) in [5, 5.41) is 12.9. The maximum absolute atomic E-state index is 13.6. The molecule has 1 amide bonds. The van der Waals surface area contributed by atoms with Gasteiger partial charge in [-0.15, -0.1) is 0 Å². The predicted octanol–water partition coefficient (Wildman–Crippen LogP) is 5.87. The smallest absolute Gasteiger partial charge is 0.262 e. The molecule has 7 nitrogen and oxygen atoms in total. The lowest BCUT2D eigenvalue weighted by Gasteiger charge is -2.23. The number of halogens is 2. The molecule has 37 heavy (non-hydrogen) atoms. The molecule has 1 saturated carbocycles. The van der Waals surface area contributed by atoms with E-state index in [4.69, 9.17) is 4.42 Å². The van der Waals surface area contributed by atoms with Crippen molar-refractivity contribution in [1.29, 1.82) is 0 Å². The van der Waals surface area contributed by atoms with Crippen LogP contribution in [0, 0.1) is 5.82 Å². The van der Waals surface area contributed by atoms with Gasteiger partial charge in [-0.3, -0.25) is 13.7 Å². The first-order valence-electron chi connectivity index (χ1n) is 11.7. The molecule has 3 N–H and O–H groups in total. The average molecular weight is 587 g/mol. The molecule has 4 aromatic rings. The highest BCUT2D eigenvalue weighted by molar-refractivity contribution is 9.10. The van der Waals surface area contributed by atoms with Crippen LogP contribution in [0.5, 0.6) is 0 Å². The van der Waals surface area contributed by atoms with Crippen LogP contribution in [0.3, 0.4) is 0 Å². The standard InChI is InChI=1S/C27H24BrFN2O5S/c1-30-27(33)25-21-11-20(16-3-4-16)23(12-24(21)36-26(25)17-5-7-19(29)8-6-17)31(37(34)35)13-15-2-9-22(28)18(10-15)14-32/h2,5-12,16,32H,3-4,13-14H2,1H3,(H,30,33)(H,34,35). The first-order chi connectivity index (χ1) is 17.8. The van der Waals surface area contributed by atoms with Crippen molar-refractivity contribution in [1.82, 2.24) is 5.32 Å². The van der Waals surface area contributed by atoms with Crippen molar-refractivity contribution in [2.24, 2.45) is 0 Å². The molecule has 1 atom stereocenters. The fourth-order valence-electron chi connectivity index (χ4n) is 4.48. The highest BCUT2D eigenvalue weighted by Gasteiger charge is 2.32. The number of nitrogens with one attached hydrogen (secondary N) is 1. The molecular weight excluding hydrogens is 563 g/mol. The summed E-state index contributed by atoms with van der Waals surface area (Å²) in [6.45, 7) is -0.0564. The average Bonchev–Trinajstić information content (AvgIpc) is 3.67. The number of carbonyl (C=O) groups is 1. The van der Waals surface area contributed by atoms with E-state index in [-0.39, 0.29) is 25.0 Å². The van der Waals surface area contributed by atoms with Gasteiger partial charge < -0.3 is 14.8 Å². The maximum Gasteiger partial charge on any atom is 0.262 e. The minimum absolute atomic E-state index is 0.114. The van der Waals surface area contributed by atoms with Gasteiger partial charge in [-0.25, -0.2) is 8.60 Å². The largest absolute Gasteiger partial charge is 0.455 e. The third-order valence-electron chi connectivity index (χ3n) is 6.48. The number of furan rings is 1.